The molecular formula is C19H16O4. The van der Waals surface area contributed by atoms with E-state index in [9.17, 15) is 9.59 Å². The number of Topliss-reactive ketones (excluding diaryl/α,β-unsaturated/α-hetero) is 1. The molecule has 116 valence electrons. The smallest absolute Gasteiger partial charge is 0.336 e. The van der Waals surface area contributed by atoms with Crippen LogP contribution in [0.3, 0.4) is 0 Å². The summed E-state index contributed by atoms with van der Waals surface area (Å²) in [6, 6.07) is 16.4. The van der Waals surface area contributed by atoms with E-state index >= 15 is 0 Å². The maximum atomic E-state index is 11.9. The van der Waals surface area contributed by atoms with E-state index < -0.39 is 11.7 Å². The minimum absolute atomic E-state index is 0.0652. The fourth-order valence-electron chi connectivity index (χ4n) is 2.36. The Balaban J connectivity index is 2.11. The average molecular weight is 308 g/mol. The first kappa shape index (κ1) is 15.0. The Hall–Kier alpha value is -2.88. The van der Waals surface area contributed by atoms with E-state index in [2.05, 4.69) is 0 Å². The molecule has 0 aliphatic heterocycles. The highest BCUT2D eigenvalue weighted by Gasteiger charge is 2.12. The largest absolute Gasteiger partial charge is 0.483 e. The topological polar surface area (TPSA) is 56.5 Å². The number of benzene rings is 2. The van der Waals surface area contributed by atoms with Gasteiger partial charge in [-0.15, -0.1) is 0 Å². The van der Waals surface area contributed by atoms with Crippen molar-refractivity contribution in [3.05, 3.63) is 65.0 Å². The first-order valence-electron chi connectivity index (χ1n) is 7.35. The van der Waals surface area contributed by atoms with Gasteiger partial charge in [-0.2, -0.15) is 0 Å². The van der Waals surface area contributed by atoms with Crippen molar-refractivity contribution in [2.75, 3.05) is 0 Å². The molecule has 0 spiro atoms. The molecule has 0 saturated carbocycles. The Morgan fingerprint density at radius 1 is 1.09 bits per heavy atom. The SMILES string of the molecule is CC(=O)[C@H](C)Oc1ccc2c(-c3ccccc3)cc(=O)oc2c1. The predicted molar refractivity (Wildman–Crippen MR) is 88.7 cm³/mol. The Labute approximate surface area is 133 Å². The van der Waals surface area contributed by atoms with Gasteiger partial charge in [-0.25, -0.2) is 4.79 Å². The van der Waals surface area contributed by atoms with Gasteiger partial charge in [0.15, 0.2) is 11.9 Å². The highest BCUT2D eigenvalue weighted by atomic mass is 16.5. The van der Waals surface area contributed by atoms with Crippen LogP contribution in [0.25, 0.3) is 22.1 Å². The number of hydrogen-bond donors (Lipinski definition) is 0. The molecule has 23 heavy (non-hydrogen) atoms. The third kappa shape index (κ3) is 3.16. The van der Waals surface area contributed by atoms with Gasteiger partial charge in [-0.1, -0.05) is 30.3 Å². The summed E-state index contributed by atoms with van der Waals surface area (Å²) < 4.78 is 10.8. The van der Waals surface area contributed by atoms with E-state index in [-0.39, 0.29) is 5.78 Å². The monoisotopic (exact) mass is 308 g/mol. The van der Waals surface area contributed by atoms with Crippen molar-refractivity contribution in [3.63, 3.8) is 0 Å². The lowest BCUT2D eigenvalue weighted by Crippen LogP contribution is -2.20. The van der Waals surface area contributed by atoms with Crippen molar-refractivity contribution in [2.24, 2.45) is 0 Å². The lowest BCUT2D eigenvalue weighted by Gasteiger charge is -2.12. The number of hydrogen-bond acceptors (Lipinski definition) is 4. The molecule has 0 unspecified atom stereocenters. The maximum absolute atomic E-state index is 11.9. The number of carbonyl (C=O) groups is 1. The lowest BCUT2D eigenvalue weighted by molar-refractivity contribution is -0.122. The molecule has 0 radical (unpaired) electrons. The fourth-order valence-corrected chi connectivity index (χ4v) is 2.36. The molecule has 4 heteroatoms. The van der Waals surface area contributed by atoms with Gasteiger partial charge in [0.05, 0.1) is 0 Å². The van der Waals surface area contributed by atoms with Gasteiger partial charge < -0.3 is 9.15 Å². The molecule has 4 nitrogen and oxygen atoms in total. The molecule has 3 rings (SSSR count). The number of rotatable bonds is 4. The van der Waals surface area contributed by atoms with Gasteiger partial charge >= 0.3 is 5.63 Å². The van der Waals surface area contributed by atoms with Crippen LogP contribution in [0.4, 0.5) is 0 Å². The van der Waals surface area contributed by atoms with E-state index in [1.54, 1.807) is 19.1 Å². The molecule has 0 aliphatic carbocycles. The molecule has 0 amide bonds. The molecule has 0 N–H and O–H groups in total. The minimum atomic E-state index is -0.545. The summed E-state index contributed by atoms with van der Waals surface area (Å²) in [6.07, 6.45) is -0.545. The third-order valence-corrected chi connectivity index (χ3v) is 3.69. The van der Waals surface area contributed by atoms with Crippen molar-refractivity contribution in [2.45, 2.75) is 20.0 Å². The van der Waals surface area contributed by atoms with E-state index in [1.807, 2.05) is 36.4 Å². The number of ether oxygens (including phenoxy) is 1. The van der Waals surface area contributed by atoms with E-state index in [1.165, 1.54) is 13.0 Å². The van der Waals surface area contributed by atoms with Crippen LogP contribution in [0.15, 0.2) is 63.8 Å². The summed E-state index contributed by atoms with van der Waals surface area (Å²) in [6.45, 7) is 3.16. The Kier molecular flexibility index (Phi) is 3.98. The van der Waals surface area contributed by atoms with Gasteiger partial charge in [0, 0.05) is 17.5 Å². The second-order valence-corrected chi connectivity index (χ2v) is 5.37. The molecule has 1 aromatic heterocycles. The molecular weight excluding hydrogens is 292 g/mol. The molecule has 0 saturated heterocycles. The average Bonchev–Trinajstić information content (AvgIpc) is 2.54. The summed E-state index contributed by atoms with van der Waals surface area (Å²) in [5, 5.41) is 0.818. The van der Waals surface area contributed by atoms with Crippen LogP contribution in [0.2, 0.25) is 0 Å². The normalized spacial score (nSPS) is 12.1. The zero-order valence-corrected chi connectivity index (χ0v) is 12.9. The van der Waals surface area contributed by atoms with Crippen molar-refractivity contribution < 1.29 is 13.9 Å². The van der Waals surface area contributed by atoms with Crippen LogP contribution in [0, 0.1) is 0 Å². The van der Waals surface area contributed by atoms with Gasteiger partial charge in [-0.05, 0) is 37.1 Å². The van der Waals surface area contributed by atoms with Crippen molar-refractivity contribution >= 4 is 16.8 Å². The minimum Gasteiger partial charge on any atom is -0.483 e. The standard InChI is InChI=1S/C19H16O4/c1-12(20)13(2)22-15-8-9-16-17(14-6-4-3-5-7-14)11-19(21)23-18(16)10-15/h3-11,13H,1-2H3/t13-/m0/s1. The summed E-state index contributed by atoms with van der Waals surface area (Å²) in [7, 11) is 0. The fraction of sp³-hybridized carbons (Fsp3) is 0.158. The molecule has 1 heterocycles. The molecule has 3 aromatic rings. The highest BCUT2D eigenvalue weighted by Crippen LogP contribution is 2.29. The Morgan fingerprint density at radius 2 is 1.83 bits per heavy atom. The lowest BCUT2D eigenvalue weighted by atomic mass is 10.0. The van der Waals surface area contributed by atoms with Crippen LogP contribution in [-0.4, -0.2) is 11.9 Å². The second kappa shape index (κ2) is 6.08. The van der Waals surface area contributed by atoms with Crippen molar-refractivity contribution in [1.29, 1.82) is 0 Å². The molecule has 0 bridgehead atoms. The van der Waals surface area contributed by atoms with Crippen LogP contribution in [0.5, 0.6) is 5.75 Å². The molecule has 0 aliphatic rings. The highest BCUT2D eigenvalue weighted by molar-refractivity contribution is 5.93. The van der Waals surface area contributed by atoms with Crippen molar-refractivity contribution in [3.8, 4) is 16.9 Å². The number of fused-ring (bicyclic) bond motifs is 1. The van der Waals surface area contributed by atoms with Gasteiger partial charge in [0.1, 0.15) is 11.3 Å². The maximum Gasteiger partial charge on any atom is 0.336 e. The second-order valence-electron chi connectivity index (χ2n) is 5.37. The van der Waals surface area contributed by atoms with Crippen LogP contribution < -0.4 is 10.4 Å². The van der Waals surface area contributed by atoms with Gasteiger partial charge in [0.2, 0.25) is 0 Å². The summed E-state index contributed by atoms with van der Waals surface area (Å²) in [5.74, 6) is 0.429. The van der Waals surface area contributed by atoms with E-state index in [0.29, 0.717) is 11.3 Å². The zero-order valence-electron chi connectivity index (χ0n) is 12.9. The molecule has 2 aromatic carbocycles. The number of carbonyl (C=O) groups excluding carboxylic acids is 1. The van der Waals surface area contributed by atoms with E-state index in [4.69, 9.17) is 9.15 Å². The van der Waals surface area contributed by atoms with Crippen LogP contribution in [-0.2, 0) is 4.79 Å². The predicted octanol–water partition coefficient (Wildman–Crippen LogP) is 3.82. The summed E-state index contributed by atoms with van der Waals surface area (Å²) in [4.78, 5) is 23.2. The van der Waals surface area contributed by atoms with E-state index in [0.717, 1.165) is 16.5 Å². The van der Waals surface area contributed by atoms with Gasteiger partial charge in [0.25, 0.3) is 0 Å². The summed E-state index contributed by atoms with van der Waals surface area (Å²) in [5.41, 5.74) is 1.76. The van der Waals surface area contributed by atoms with Crippen LogP contribution in [0.1, 0.15) is 13.8 Å². The first-order chi connectivity index (χ1) is 11.0. The quantitative estimate of drug-likeness (QED) is 0.688. The zero-order chi connectivity index (χ0) is 16.4. The van der Waals surface area contributed by atoms with Crippen molar-refractivity contribution in [1.82, 2.24) is 0 Å². The van der Waals surface area contributed by atoms with Gasteiger partial charge in [-0.3, -0.25) is 4.79 Å². The van der Waals surface area contributed by atoms with Crippen LogP contribution >= 0.6 is 0 Å². The third-order valence-electron chi connectivity index (χ3n) is 3.69. The Morgan fingerprint density at radius 3 is 2.52 bits per heavy atom. The first-order valence-corrected chi connectivity index (χ1v) is 7.35. The summed E-state index contributed by atoms with van der Waals surface area (Å²) >= 11 is 0. The molecule has 1 atom stereocenters. The Bertz CT molecular complexity index is 910. The number of ketones is 1. The molecule has 0 fully saturated rings.